The van der Waals surface area contributed by atoms with E-state index < -0.39 is 16.0 Å². The smallest absolute Gasteiger partial charge is 0.336 e. The van der Waals surface area contributed by atoms with Crippen LogP contribution in [-0.4, -0.2) is 37.2 Å². The average Bonchev–Trinajstić information content (AvgIpc) is 2.43. The standard InChI is InChI=1S/C14H21NO5S/c1-3-11-6-7-12(9-13(11)14(17)18)21(19,20)15-10(2)5-4-8-16/h6-7,9-10,15-16H,3-5,8H2,1-2H3,(H,17,18). The summed E-state index contributed by atoms with van der Waals surface area (Å²) in [5.41, 5.74) is 0.596. The van der Waals surface area contributed by atoms with Gasteiger partial charge in [0, 0.05) is 12.6 Å². The second-order valence-corrected chi connectivity index (χ2v) is 6.58. The molecule has 7 heteroatoms. The first-order valence-corrected chi connectivity index (χ1v) is 8.29. The van der Waals surface area contributed by atoms with E-state index >= 15 is 0 Å². The molecule has 0 aliphatic carbocycles. The lowest BCUT2D eigenvalue weighted by Crippen LogP contribution is -2.32. The molecule has 1 aromatic rings. The third-order valence-corrected chi connectivity index (χ3v) is 4.74. The van der Waals surface area contributed by atoms with Crippen molar-refractivity contribution in [2.45, 2.75) is 44.0 Å². The SMILES string of the molecule is CCc1ccc(S(=O)(=O)NC(C)CCCO)cc1C(=O)O. The lowest BCUT2D eigenvalue weighted by atomic mass is 10.1. The van der Waals surface area contributed by atoms with Crippen molar-refractivity contribution in [2.24, 2.45) is 0 Å². The summed E-state index contributed by atoms with van der Waals surface area (Å²) in [4.78, 5) is 11.1. The van der Waals surface area contributed by atoms with Crippen molar-refractivity contribution in [3.63, 3.8) is 0 Å². The molecular weight excluding hydrogens is 294 g/mol. The zero-order valence-electron chi connectivity index (χ0n) is 12.2. The molecule has 0 spiro atoms. The number of carboxylic acid groups (broad SMARTS) is 1. The molecule has 0 fully saturated rings. The number of aliphatic hydroxyl groups excluding tert-OH is 1. The van der Waals surface area contributed by atoms with Crippen molar-refractivity contribution in [3.05, 3.63) is 29.3 Å². The van der Waals surface area contributed by atoms with Crippen molar-refractivity contribution in [1.29, 1.82) is 0 Å². The van der Waals surface area contributed by atoms with Gasteiger partial charge in [0.05, 0.1) is 10.5 Å². The zero-order chi connectivity index (χ0) is 16.0. The molecule has 1 aromatic carbocycles. The fourth-order valence-corrected chi connectivity index (χ4v) is 3.32. The van der Waals surface area contributed by atoms with Gasteiger partial charge in [-0.05, 0) is 43.9 Å². The first kappa shape index (κ1) is 17.6. The summed E-state index contributed by atoms with van der Waals surface area (Å²) in [6.45, 7) is 3.51. The van der Waals surface area contributed by atoms with Crippen molar-refractivity contribution < 1.29 is 23.4 Å². The quantitative estimate of drug-likeness (QED) is 0.672. The number of carbonyl (C=O) groups is 1. The highest BCUT2D eigenvalue weighted by Crippen LogP contribution is 2.17. The molecule has 21 heavy (non-hydrogen) atoms. The Morgan fingerprint density at radius 1 is 1.38 bits per heavy atom. The van der Waals surface area contributed by atoms with E-state index in [2.05, 4.69) is 4.72 Å². The van der Waals surface area contributed by atoms with Crippen molar-refractivity contribution in [1.82, 2.24) is 4.72 Å². The van der Waals surface area contributed by atoms with Crippen LogP contribution in [0.3, 0.4) is 0 Å². The highest BCUT2D eigenvalue weighted by molar-refractivity contribution is 7.89. The molecular formula is C14H21NO5S. The third kappa shape index (κ3) is 4.80. The Morgan fingerprint density at radius 2 is 2.05 bits per heavy atom. The van der Waals surface area contributed by atoms with Crippen LogP contribution in [0.1, 0.15) is 42.6 Å². The molecule has 0 saturated carbocycles. The maximum atomic E-state index is 12.2. The van der Waals surface area contributed by atoms with Gasteiger partial charge in [0.1, 0.15) is 0 Å². The van der Waals surface area contributed by atoms with Crippen LogP contribution < -0.4 is 4.72 Å². The molecule has 0 bridgehead atoms. The normalized spacial score (nSPS) is 13.1. The van der Waals surface area contributed by atoms with E-state index in [1.807, 2.05) is 6.92 Å². The highest BCUT2D eigenvalue weighted by atomic mass is 32.2. The van der Waals surface area contributed by atoms with E-state index in [0.29, 0.717) is 24.8 Å². The van der Waals surface area contributed by atoms with Crippen LogP contribution in [0.5, 0.6) is 0 Å². The number of aliphatic hydroxyl groups is 1. The lowest BCUT2D eigenvalue weighted by molar-refractivity contribution is 0.0695. The van der Waals surface area contributed by atoms with Gasteiger partial charge in [-0.3, -0.25) is 0 Å². The summed E-state index contributed by atoms with van der Waals surface area (Å²) in [5, 5.41) is 17.9. The van der Waals surface area contributed by atoms with E-state index in [1.165, 1.54) is 18.2 Å². The number of benzene rings is 1. The van der Waals surface area contributed by atoms with E-state index in [4.69, 9.17) is 10.2 Å². The van der Waals surface area contributed by atoms with Crippen molar-refractivity contribution >= 4 is 16.0 Å². The van der Waals surface area contributed by atoms with Crippen LogP contribution in [0.25, 0.3) is 0 Å². The number of rotatable bonds is 8. The van der Waals surface area contributed by atoms with Gasteiger partial charge in [-0.2, -0.15) is 0 Å². The Labute approximate surface area is 124 Å². The predicted octanol–water partition coefficient (Wildman–Crippen LogP) is 1.39. The van der Waals surface area contributed by atoms with Gasteiger partial charge in [0.2, 0.25) is 10.0 Å². The second-order valence-electron chi connectivity index (χ2n) is 4.87. The van der Waals surface area contributed by atoms with Crippen LogP contribution in [-0.2, 0) is 16.4 Å². The molecule has 0 saturated heterocycles. The largest absolute Gasteiger partial charge is 0.478 e. The fourth-order valence-electron chi connectivity index (χ4n) is 2.02. The Hall–Kier alpha value is -1.44. The Morgan fingerprint density at radius 3 is 2.57 bits per heavy atom. The summed E-state index contributed by atoms with van der Waals surface area (Å²) >= 11 is 0. The second kappa shape index (κ2) is 7.53. The maximum absolute atomic E-state index is 12.2. The summed E-state index contributed by atoms with van der Waals surface area (Å²) in [6, 6.07) is 3.78. The van der Waals surface area contributed by atoms with Crippen LogP contribution in [0, 0.1) is 0 Å². The Kier molecular flexibility index (Phi) is 6.32. The zero-order valence-corrected chi connectivity index (χ0v) is 13.0. The first-order chi connectivity index (χ1) is 9.81. The number of hydrogen-bond acceptors (Lipinski definition) is 4. The highest BCUT2D eigenvalue weighted by Gasteiger charge is 2.20. The first-order valence-electron chi connectivity index (χ1n) is 6.81. The number of hydrogen-bond donors (Lipinski definition) is 3. The minimum Gasteiger partial charge on any atom is -0.478 e. The summed E-state index contributed by atoms with van der Waals surface area (Å²) < 4.78 is 26.9. The monoisotopic (exact) mass is 315 g/mol. The van der Waals surface area contributed by atoms with E-state index in [1.54, 1.807) is 6.92 Å². The fraction of sp³-hybridized carbons (Fsp3) is 0.500. The molecule has 1 unspecified atom stereocenters. The number of sulfonamides is 1. The Bertz CT molecular complexity index is 597. The lowest BCUT2D eigenvalue weighted by Gasteiger charge is -2.14. The van der Waals surface area contributed by atoms with Gasteiger partial charge in [0.15, 0.2) is 0 Å². The number of carboxylic acids is 1. The van der Waals surface area contributed by atoms with Gasteiger partial charge in [-0.25, -0.2) is 17.9 Å². The average molecular weight is 315 g/mol. The van der Waals surface area contributed by atoms with Gasteiger partial charge < -0.3 is 10.2 Å². The Balaban J connectivity index is 3.03. The molecule has 3 N–H and O–H groups in total. The molecule has 0 aromatic heterocycles. The number of aromatic carboxylic acids is 1. The number of aryl methyl sites for hydroxylation is 1. The molecule has 0 heterocycles. The molecule has 1 atom stereocenters. The van der Waals surface area contributed by atoms with Crippen LogP contribution >= 0.6 is 0 Å². The van der Waals surface area contributed by atoms with Gasteiger partial charge in [0.25, 0.3) is 0 Å². The van der Waals surface area contributed by atoms with E-state index in [0.717, 1.165) is 0 Å². The summed E-state index contributed by atoms with van der Waals surface area (Å²) in [5.74, 6) is -1.14. The van der Waals surface area contributed by atoms with Crippen molar-refractivity contribution in [2.75, 3.05) is 6.61 Å². The molecule has 118 valence electrons. The number of nitrogens with one attached hydrogen (secondary N) is 1. The van der Waals surface area contributed by atoms with Crippen LogP contribution in [0.4, 0.5) is 0 Å². The van der Waals surface area contributed by atoms with Gasteiger partial charge in [-0.15, -0.1) is 0 Å². The van der Waals surface area contributed by atoms with Gasteiger partial charge >= 0.3 is 5.97 Å². The summed E-state index contributed by atoms with van der Waals surface area (Å²) in [7, 11) is -3.77. The van der Waals surface area contributed by atoms with E-state index in [9.17, 15) is 13.2 Å². The molecule has 6 nitrogen and oxygen atoms in total. The molecule has 0 aliphatic heterocycles. The predicted molar refractivity (Wildman–Crippen MR) is 78.9 cm³/mol. The van der Waals surface area contributed by atoms with E-state index in [-0.39, 0.29) is 23.1 Å². The molecule has 0 radical (unpaired) electrons. The minimum atomic E-state index is -3.77. The molecule has 1 rings (SSSR count). The molecule has 0 amide bonds. The molecule has 0 aliphatic rings. The summed E-state index contributed by atoms with van der Waals surface area (Å²) in [6.07, 6.45) is 1.52. The maximum Gasteiger partial charge on any atom is 0.336 e. The minimum absolute atomic E-state index is 0.000424. The van der Waals surface area contributed by atoms with Crippen molar-refractivity contribution in [3.8, 4) is 0 Å². The third-order valence-electron chi connectivity index (χ3n) is 3.15. The van der Waals surface area contributed by atoms with Gasteiger partial charge in [-0.1, -0.05) is 13.0 Å². The van der Waals surface area contributed by atoms with Crippen LogP contribution in [0.15, 0.2) is 23.1 Å². The topological polar surface area (TPSA) is 104 Å². The van der Waals surface area contributed by atoms with Crippen LogP contribution in [0.2, 0.25) is 0 Å².